The average Bonchev–Trinajstić information content (AvgIpc) is 3.05. The van der Waals surface area contributed by atoms with Gasteiger partial charge in [-0.25, -0.2) is 4.68 Å². The molecule has 2 aromatic carbocycles. The molecule has 0 saturated heterocycles. The number of ether oxygens (including phenoxy) is 1. The lowest BCUT2D eigenvalue weighted by Crippen LogP contribution is -2.22. The van der Waals surface area contributed by atoms with E-state index in [1.807, 2.05) is 32.0 Å². The second-order valence-corrected chi connectivity index (χ2v) is 7.03. The normalized spacial score (nSPS) is 10.5. The van der Waals surface area contributed by atoms with Crippen LogP contribution < -0.4 is 21.1 Å². The number of benzene rings is 2. The number of nitrogens with one attached hydrogen (secondary N) is 2. The Labute approximate surface area is 178 Å². The fourth-order valence-corrected chi connectivity index (χ4v) is 3.06. The van der Waals surface area contributed by atoms with E-state index in [0.717, 1.165) is 21.5 Å². The molecule has 0 bridgehead atoms. The quantitative estimate of drug-likeness (QED) is 0.554. The van der Waals surface area contributed by atoms with Gasteiger partial charge in [-0.05, 0) is 43.2 Å². The van der Waals surface area contributed by atoms with Crippen LogP contribution in [-0.4, -0.2) is 33.9 Å². The Hall–Kier alpha value is -3.59. The molecule has 0 radical (unpaired) electrons. The molecular formula is C20H21ClN6O3. The number of methoxy groups -OCH3 is 1. The van der Waals surface area contributed by atoms with Crippen LogP contribution >= 0.6 is 11.6 Å². The number of halogens is 1. The predicted octanol–water partition coefficient (Wildman–Crippen LogP) is 3.03. The van der Waals surface area contributed by atoms with Crippen molar-refractivity contribution in [1.29, 1.82) is 0 Å². The number of amides is 2. The maximum atomic E-state index is 12.6. The summed E-state index contributed by atoms with van der Waals surface area (Å²) in [5, 5.41) is 13.5. The zero-order chi connectivity index (χ0) is 21.8. The van der Waals surface area contributed by atoms with Gasteiger partial charge in [0.1, 0.15) is 12.3 Å². The standard InChI is InChI=1S/C20H21ClN6O3/c1-11-5-4-6-12(2)17(11)24-16(28)10-27-19(22)18(25-26-27)20(29)23-14-9-13(21)7-8-15(14)30-3/h4-9H,10,22H2,1-3H3,(H,23,29)(H,24,28). The van der Waals surface area contributed by atoms with Crippen LogP contribution in [0.15, 0.2) is 36.4 Å². The van der Waals surface area contributed by atoms with Crippen molar-refractivity contribution in [2.75, 3.05) is 23.5 Å². The van der Waals surface area contributed by atoms with Crippen molar-refractivity contribution < 1.29 is 14.3 Å². The van der Waals surface area contributed by atoms with Crippen LogP contribution in [0.25, 0.3) is 0 Å². The third-order valence-corrected chi connectivity index (χ3v) is 4.67. The number of carbonyl (C=O) groups is 2. The molecule has 3 rings (SSSR count). The van der Waals surface area contributed by atoms with Crippen molar-refractivity contribution in [3.8, 4) is 5.75 Å². The molecule has 9 nitrogen and oxygen atoms in total. The SMILES string of the molecule is COc1ccc(Cl)cc1NC(=O)c1nnn(CC(=O)Nc2c(C)cccc2C)c1N. The second kappa shape index (κ2) is 8.83. The maximum Gasteiger partial charge on any atom is 0.280 e. The molecule has 30 heavy (non-hydrogen) atoms. The van der Waals surface area contributed by atoms with Crippen LogP contribution in [0.4, 0.5) is 17.2 Å². The molecule has 0 aliphatic carbocycles. The summed E-state index contributed by atoms with van der Waals surface area (Å²) in [5.41, 5.74) is 8.84. The number of para-hydroxylation sites is 1. The highest BCUT2D eigenvalue weighted by Gasteiger charge is 2.20. The third-order valence-electron chi connectivity index (χ3n) is 4.44. The zero-order valence-corrected chi connectivity index (χ0v) is 17.4. The van der Waals surface area contributed by atoms with Crippen molar-refractivity contribution in [1.82, 2.24) is 15.0 Å². The Morgan fingerprint density at radius 1 is 1.17 bits per heavy atom. The number of anilines is 3. The van der Waals surface area contributed by atoms with Gasteiger partial charge >= 0.3 is 0 Å². The second-order valence-electron chi connectivity index (χ2n) is 6.59. The fourth-order valence-electron chi connectivity index (χ4n) is 2.88. The van der Waals surface area contributed by atoms with E-state index in [1.165, 1.54) is 13.2 Å². The number of hydrogen-bond donors (Lipinski definition) is 3. The first-order valence-corrected chi connectivity index (χ1v) is 9.38. The summed E-state index contributed by atoms with van der Waals surface area (Å²) in [6, 6.07) is 10.5. The van der Waals surface area contributed by atoms with E-state index in [0.29, 0.717) is 16.5 Å². The number of hydrogen-bond acceptors (Lipinski definition) is 6. The topological polar surface area (TPSA) is 124 Å². The Kier molecular flexibility index (Phi) is 6.22. The maximum absolute atomic E-state index is 12.6. The molecule has 0 fully saturated rings. The molecule has 0 saturated carbocycles. The molecule has 4 N–H and O–H groups in total. The molecule has 0 aliphatic heterocycles. The van der Waals surface area contributed by atoms with Crippen LogP contribution in [0, 0.1) is 13.8 Å². The molecular weight excluding hydrogens is 408 g/mol. The highest BCUT2D eigenvalue weighted by atomic mass is 35.5. The summed E-state index contributed by atoms with van der Waals surface area (Å²) in [6.07, 6.45) is 0. The number of nitrogen functional groups attached to an aromatic ring is 1. The lowest BCUT2D eigenvalue weighted by Gasteiger charge is -2.12. The van der Waals surface area contributed by atoms with Crippen LogP contribution in [-0.2, 0) is 11.3 Å². The minimum Gasteiger partial charge on any atom is -0.495 e. The van der Waals surface area contributed by atoms with Crippen LogP contribution in [0.5, 0.6) is 5.75 Å². The van der Waals surface area contributed by atoms with Gasteiger partial charge in [0, 0.05) is 10.7 Å². The van der Waals surface area contributed by atoms with Crippen molar-refractivity contribution in [3.63, 3.8) is 0 Å². The molecule has 0 unspecified atom stereocenters. The summed E-state index contributed by atoms with van der Waals surface area (Å²) in [4.78, 5) is 25.0. The number of rotatable bonds is 6. The Balaban J connectivity index is 1.73. The molecule has 1 aromatic heterocycles. The van der Waals surface area contributed by atoms with Gasteiger partial charge in [-0.2, -0.15) is 0 Å². The Morgan fingerprint density at radius 2 is 1.87 bits per heavy atom. The summed E-state index contributed by atoms with van der Waals surface area (Å²) in [6.45, 7) is 3.61. The first-order chi connectivity index (χ1) is 14.3. The van der Waals surface area contributed by atoms with Gasteiger partial charge in [-0.1, -0.05) is 35.0 Å². The molecule has 0 aliphatic rings. The number of carbonyl (C=O) groups excluding carboxylic acids is 2. The summed E-state index contributed by atoms with van der Waals surface area (Å²) >= 11 is 5.98. The number of nitrogens with two attached hydrogens (primary N) is 1. The summed E-state index contributed by atoms with van der Waals surface area (Å²) in [5.74, 6) is -0.557. The van der Waals surface area contributed by atoms with Gasteiger partial charge in [-0.3, -0.25) is 9.59 Å². The van der Waals surface area contributed by atoms with Crippen LogP contribution in [0.2, 0.25) is 5.02 Å². The first-order valence-electron chi connectivity index (χ1n) is 9.00. The molecule has 2 amide bonds. The lowest BCUT2D eigenvalue weighted by molar-refractivity contribution is -0.116. The summed E-state index contributed by atoms with van der Waals surface area (Å²) < 4.78 is 6.36. The van der Waals surface area contributed by atoms with Gasteiger partial charge in [0.15, 0.2) is 11.5 Å². The predicted molar refractivity (Wildman–Crippen MR) is 115 cm³/mol. The molecule has 10 heteroatoms. The van der Waals surface area contributed by atoms with Gasteiger partial charge in [-0.15, -0.1) is 5.10 Å². The number of nitrogens with zero attached hydrogens (tertiary/aromatic N) is 3. The van der Waals surface area contributed by atoms with E-state index < -0.39 is 5.91 Å². The van der Waals surface area contributed by atoms with E-state index >= 15 is 0 Å². The van der Waals surface area contributed by atoms with Gasteiger partial charge in [0.05, 0.1) is 12.8 Å². The van der Waals surface area contributed by atoms with Gasteiger partial charge in [0.25, 0.3) is 5.91 Å². The molecule has 156 valence electrons. The highest BCUT2D eigenvalue weighted by molar-refractivity contribution is 6.31. The van der Waals surface area contributed by atoms with Crippen molar-refractivity contribution in [2.45, 2.75) is 20.4 Å². The third kappa shape index (κ3) is 4.52. The molecule has 0 spiro atoms. The van der Waals surface area contributed by atoms with E-state index in [4.69, 9.17) is 22.1 Å². The van der Waals surface area contributed by atoms with Gasteiger partial charge < -0.3 is 21.1 Å². The van der Waals surface area contributed by atoms with Gasteiger partial charge in [0.2, 0.25) is 5.91 Å². The molecule has 0 atom stereocenters. The summed E-state index contributed by atoms with van der Waals surface area (Å²) in [7, 11) is 1.47. The monoisotopic (exact) mass is 428 g/mol. The Morgan fingerprint density at radius 3 is 2.53 bits per heavy atom. The first kappa shape index (κ1) is 21.1. The smallest absolute Gasteiger partial charge is 0.280 e. The van der Waals surface area contributed by atoms with Crippen LogP contribution in [0.1, 0.15) is 21.6 Å². The van der Waals surface area contributed by atoms with E-state index in [2.05, 4.69) is 20.9 Å². The minimum atomic E-state index is -0.602. The van der Waals surface area contributed by atoms with Crippen molar-refractivity contribution in [3.05, 3.63) is 58.2 Å². The molecule has 1 heterocycles. The van der Waals surface area contributed by atoms with Crippen LogP contribution in [0.3, 0.4) is 0 Å². The van der Waals surface area contributed by atoms with E-state index in [-0.39, 0.29) is 24.0 Å². The number of aryl methyl sites for hydroxylation is 2. The highest BCUT2D eigenvalue weighted by Crippen LogP contribution is 2.28. The average molecular weight is 429 g/mol. The lowest BCUT2D eigenvalue weighted by atomic mass is 10.1. The van der Waals surface area contributed by atoms with E-state index in [1.54, 1.807) is 12.1 Å². The largest absolute Gasteiger partial charge is 0.495 e. The van der Waals surface area contributed by atoms with Crippen molar-refractivity contribution in [2.24, 2.45) is 0 Å². The fraction of sp³-hybridized carbons (Fsp3) is 0.200. The van der Waals surface area contributed by atoms with Crippen molar-refractivity contribution >= 4 is 40.6 Å². The Bertz CT molecular complexity index is 1090. The minimum absolute atomic E-state index is 0.0369. The number of aromatic nitrogens is 3. The zero-order valence-electron chi connectivity index (χ0n) is 16.7. The molecule has 3 aromatic rings. The van der Waals surface area contributed by atoms with E-state index in [9.17, 15) is 9.59 Å².